The maximum Gasteiger partial charge on any atom is 0.260 e. The summed E-state index contributed by atoms with van der Waals surface area (Å²) in [5, 5.41) is 14.4. The van der Waals surface area contributed by atoms with E-state index in [1.807, 2.05) is 49.4 Å². The summed E-state index contributed by atoms with van der Waals surface area (Å²) in [4.78, 5) is 15.4. The first-order valence-electron chi connectivity index (χ1n) is 8.52. The summed E-state index contributed by atoms with van der Waals surface area (Å²) in [5.74, 6) is -0.126. The van der Waals surface area contributed by atoms with Crippen molar-refractivity contribution in [1.29, 1.82) is 0 Å². The minimum absolute atomic E-state index is 0.126. The van der Waals surface area contributed by atoms with Crippen molar-refractivity contribution in [3.63, 3.8) is 0 Å². The van der Waals surface area contributed by atoms with Gasteiger partial charge in [0.25, 0.3) is 5.56 Å². The predicted molar refractivity (Wildman–Crippen MR) is 104 cm³/mol. The van der Waals surface area contributed by atoms with E-state index in [1.165, 1.54) is 10.1 Å². The Morgan fingerprint density at radius 1 is 1.19 bits per heavy atom. The predicted octanol–water partition coefficient (Wildman–Crippen LogP) is 3.14. The molecule has 1 aliphatic heterocycles. The first-order chi connectivity index (χ1) is 12.6. The van der Waals surface area contributed by atoms with E-state index in [0.717, 1.165) is 24.1 Å². The molecule has 6 heteroatoms. The van der Waals surface area contributed by atoms with Crippen LogP contribution in [0.3, 0.4) is 0 Å². The highest BCUT2D eigenvalue weighted by Crippen LogP contribution is 2.32. The molecule has 3 aromatic rings. The van der Waals surface area contributed by atoms with Gasteiger partial charge in [-0.15, -0.1) is 0 Å². The minimum atomic E-state index is -0.379. The molecule has 0 bridgehead atoms. The van der Waals surface area contributed by atoms with Gasteiger partial charge < -0.3 is 10.4 Å². The van der Waals surface area contributed by atoms with Gasteiger partial charge in [-0.05, 0) is 54.4 Å². The van der Waals surface area contributed by atoms with Crippen LogP contribution in [0.2, 0.25) is 0 Å². The van der Waals surface area contributed by atoms with Gasteiger partial charge in [-0.2, -0.15) is 0 Å². The third kappa shape index (κ3) is 2.77. The molecule has 1 aliphatic rings. The van der Waals surface area contributed by atoms with Crippen molar-refractivity contribution in [1.82, 2.24) is 14.9 Å². The molecule has 4 rings (SSSR count). The molecular weight excluding hydrogens is 346 g/mol. The van der Waals surface area contributed by atoms with Gasteiger partial charge in [0, 0.05) is 6.54 Å². The van der Waals surface area contributed by atoms with Crippen molar-refractivity contribution in [2.24, 2.45) is 0 Å². The molecule has 2 aromatic carbocycles. The summed E-state index contributed by atoms with van der Waals surface area (Å²) >= 11 is 5.32. The largest absolute Gasteiger partial charge is 0.494 e. The maximum atomic E-state index is 12.7. The first-order valence-corrected chi connectivity index (χ1v) is 8.93. The Hall–Kier alpha value is -2.70. The molecule has 0 spiro atoms. The Labute approximate surface area is 156 Å². The SMILES string of the molecule is Cc1cccc(-n2c(O)c([C@@H]3NCCc4ccccc43)c(=O)[nH]c2=S)c1. The summed E-state index contributed by atoms with van der Waals surface area (Å²) < 4.78 is 1.68. The summed E-state index contributed by atoms with van der Waals surface area (Å²) in [6.45, 7) is 2.70. The second-order valence-corrected chi connectivity index (χ2v) is 6.89. The normalized spacial score (nSPS) is 16.3. The lowest BCUT2D eigenvalue weighted by molar-refractivity contribution is 0.413. The second-order valence-electron chi connectivity index (χ2n) is 6.51. The average Bonchev–Trinajstić information content (AvgIpc) is 2.61. The van der Waals surface area contributed by atoms with Crippen LogP contribution < -0.4 is 10.9 Å². The Balaban J connectivity index is 1.96. The zero-order valence-electron chi connectivity index (χ0n) is 14.3. The number of hydrogen-bond donors (Lipinski definition) is 3. The first kappa shape index (κ1) is 16.8. The molecule has 0 saturated heterocycles. The molecule has 0 fully saturated rings. The number of aromatic amines is 1. The van der Waals surface area contributed by atoms with Crippen molar-refractivity contribution >= 4 is 12.2 Å². The lowest BCUT2D eigenvalue weighted by atomic mass is 9.90. The quantitative estimate of drug-likeness (QED) is 0.610. The van der Waals surface area contributed by atoms with Crippen molar-refractivity contribution < 1.29 is 5.11 Å². The van der Waals surface area contributed by atoms with Crippen LogP contribution >= 0.6 is 12.2 Å². The second kappa shape index (κ2) is 6.55. The van der Waals surface area contributed by atoms with Gasteiger partial charge in [-0.3, -0.25) is 14.3 Å². The maximum absolute atomic E-state index is 12.7. The molecule has 0 saturated carbocycles. The molecule has 3 N–H and O–H groups in total. The van der Waals surface area contributed by atoms with Crippen molar-refractivity contribution in [2.45, 2.75) is 19.4 Å². The van der Waals surface area contributed by atoms with Gasteiger partial charge in [0.15, 0.2) is 4.77 Å². The van der Waals surface area contributed by atoms with Crippen molar-refractivity contribution in [3.05, 3.63) is 85.9 Å². The molecular formula is C20H19N3O2S. The number of nitrogens with zero attached hydrogens (tertiary/aromatic N) is 1. The van der Waals surface area contributed by atoms with Crippen LogP contribution in [-0.4, -0.2) is 21.2 Å². The number of aromatic hydroxyl groups is 1. The van der Waals surface area contributed by atoms with Crippen LogP contribution in [0.5, 0.6) is 5.88 Å². The van der Waals surface area contributed by atoms with Crippen LogP contribution in [0.1, 0.15) is 28.3 Å². The monoisotopic (exact) mass is 365 g/mol. The Morgan fingerprint density at radius 3 is 2.81 bits per heavy atom. The highest BCUT2D eigenvalue weighted by atomic mass is 32.1. The van der Waals surface area contributed by atoms with Crippen LogP contribution in [0.15, 0.2) is 53.3 Å². The van der Waals surface area contributed by atoms with Gasteiger partial charge >= 0.3 is 0 Å². The van der Waals surface area contributed by atoms with Crippen LogP contribution in [-0.2, 0) is 6.42 Å². The van der Waals surface area contributed by atoms with E-state index >= 15 is 0 Å². The number of H-pyrrole nitrogens is 1. The number of aryl methyl sites for hydroxylation is 1. The van der Waals surface area contributed by atoms with E-state index in [4.69, 9.17) is 12.2 Å². The molecule has 1 atom stereocenters. The summed E-state index contributed by atoms with van der Waals surface area (Å²) in [6, 6.07) is 15.2. The van der Waals surface area contributed by atoms with Crippen LogP contribution in [0.25, 0.3) is 5.69 Å². The standard InChI is InChI=1S/C20H19N3O2S/c1-12-5-4-7-14(11-12)23-19(25)16(18(24)22-20(23)26)17-15-8-3-2-6-13(15)9-10-21-17/h2-8,11,17,21,25H,9-10H2,1H3,(H,22,24,26)/t17-/m1/s1. The molecule has 1 aromatic heterocycles. The van der Waals surface area contributed by atoms with E-state index in [9.17, 15) is 9.90 Å². The van der Waals surface area contributed by atoms with Crippen molar-refractivity contribution in [2.75, 3.05) is 6.54 Å². The van der Waals surface area contributed by atoms with Gasteiger partial charge in [-0.1, -0.05) is 36.4 Å². The average molecular weight is 365 g/mol. The number of benzene rings is 2. The fourth-order valence-corrected chi connectivity index (χ4v) is 3.85. The Kier molecular flexibility index (Phi) is 4.22. The fraction of sp³-hybridized carbons (Fsp3) is 0.200. The molecule has 132 valence electrons. The summed E-state index contributed by atoms with van der Waals surface area (Å²) in [6.07, 6.45) is 0.891. The van der Waals surface area contributed by atoms with Gasteiger partial charge in [-0.25, -0.2) is 0 Å². The van der Waals surface area contributed by atoms with E-state index in [2.05, 4.69) is 16.4 Å². The van der Waals surface area contributed by atoms with Crippen molar-refractivity contribution in [3.8, 4) is 11.6 Å². The fourth-order valence-electron chi connectivity index (χ4n) is 3.57. The zero-order chi connectivity index (χ0) is 18.3. The van der Waals surface area contributed by atoms with Gasteiger partial charge in [0.1, 0.15) is 0 Å². The number of hydrogen-bond acceptors (Lipinski definition) is 4. The molecule has 0 amide bonds. The molecule has 0 radical (unpaired) electrons. The summed E-state index contributed by atoms with van der Waals surface area (Å²) in [5.41, 5.74) is 3.86. The van der Waals surface area contributed by atoms with E-state index in [0.29, 0.717) is 5.69 Å². The number of rotatable bonds is 2. The van der Waals surface area contributed by atoms with Gasteiger partial charge in [0.05, 0.1) is 17.3 Å². The lowest BCUT2D eigenvalue weighted by Crippen LogP contribution is -2.35. The van der Waals surface area contributed by atoms with Crippen LogP contribution in [0, 0.1) is 11.7 Å². The van der Waals surface area contributed by atoms with Gasteiger partial charge in [0.2, 0.25) is 5.88 Å². The highest BCUT2D eigenvalue weighted by Gasteiger charge is 2.28. The van der Waals surface area contributed by atoms with Crippen LogP contribution in [0.4, 0.5) is 0 Å². The van der Waals surface area contributed by atoms with E-state index in [-0.39, 0.29) is 27.8 Å². The number of aromatic nitrogens is 2. The summed E-state index contributed by atoms with van der Waals surface area (Å²) in [7, 11) is 0. The number of nitrogens with one attached hydrogen (secondary N) is 2. The topological polar surface area (TPSA) is 70.0 Å². The Morgan fingerprint density at radius 2 is 2.00 bits per heavy atom. The third-order valence-corrected chi connectivity index (χ3v) is 5.06. The molecule has 0 aliphatic carbocycles. The van der Waals surface area contributed by atoms with E-state index < -0.39 is 0 Å². The number of fused-ring (bicyclic) bond motifs is 1. The Bertz CT molecular complexity index is 1100. The molecule has 0 unspecified atom stereocenters. The third-order valence-electron chi connectivity index (χ3n) is 4.78. The lowest BCUT2D eigenvalue weighted by Gasteiger charge is -2.27. The zero-order valence-corrected chi connectivity index (χ0v) is 15.1. The molecule has 5 nitrogen and oxygen atoms in total. The molecule has 2 heterocycles. The minimum Gasteiger partial charge on any atom is -0.494 e. The molecule has 26 heavy (non-hydrogen) atoms. The van der Waals surface area contributed by atoms with E-state index in [1.54, 1.807) is 0 Å². The highest BCUT2D eigenvalue weighted by molar-refractivity contribution is 7.71. The smallest absolute Gasteiger partial charge is 0.260 e.